The first-order valence-electron chi connectivity index (χ1n) is 7.85. The van der Waals surface area contributed by atoms with E-state index in [1.807, 2.05) is 19.1 Å². The van der Waals surface area contributed by atoms with Gasteiger partial charge >= 0.3 is 5.97 Å². The van der Waals surface area contributed by atoms with Crippen molar-refractivity contribution in [3.63, 3.8) is 0 Å². The fourth-order valence-corrected chi connectivity index (χ4v) is 2.65. The molecule has 0 bridgehead atoms. The Kier molecular flexibility index (Phi) is 6.45. The number of ether oxygens (including phenoxy) is 2. The number of pyridine rings is 1. The Balaban J connectivity index is 1.78. The minimum atomic E-state index is -0.116. The molecule has 0 aliphatic carbocycles. The number of esters is 1. The Bertz CT molecular complexity index is 464. The van der Waals surface area contributed by atoms with Gasteiger partial charge in [0.25, 0.3) is 0 Å². The lowest BCUT2D eigenvalue weighted by Crippen LogP contribution is -2.43. The fraction of sp³-hybridized carbons (Fsp3) is 0.625. The van der Waals surface area contributed by atoms with Gasteiger partial charge in [0, 0.05) is 19.1 Å². The van der Waals surface area contributed by atoms with E-state index < -0.39 is 0 Å². The van der Waals surface area contributed by atoms with Gasteiger partial charge in [-0.05, 0) is 38.4 Å². The minimum Gasteiger partial charge on any atom is -0.495 e. The van der Waals surface area contributed by atoms with Crippen LogP contribution in [0.2, 0.25) is 0 Å². The van der Waals surface area contributed by atoms with Crippen molar-refractivity contribution in [2.45, 2.75) is 32.2 Å². The van der Waals surface area contributed by atoms with E-state index in [0.717, 1.165) is 44.0 Å². The molecule has 1 N–H and O–H groups in total. The van der Waals surface area contributed by atoms with Crippen LogP contribution >= 0.6 is 0 Å². The topological polar surface area (TPSA) is 63.7 Å². The average Bonchev–Trinajstić information content (AvgIpc) is 2.54. The molecule has 2 heterocycles. The number of carbonyl (C=O) groups excluding carboxylic acids is 1. The number of carbonyl (C=O) groups is 1. The molecule has 0 amide bonds. The van der Waals surface area contributed by atoms with Crippen LogP contribution in [0.5, 0.6) is 5.75 Å². The van der Waals surface area contributed by atoms with Crippen molar-refractivity contribution in [2.75, 3.05) is 38.7 Å². The summed E-state index contributed by atoms with van der Waals surface area (Å²) in [5.41, 5.74) is 0. The lowest BCUT2D eigenvalue weighted by atomic mass is 10.1. The molecule has 6 heteroatoms. The maximum atomic E-state index is 11.4. The molecule has 1 aromatic heterocycles. The third-order valence-corrected chi connectivity index (χ3v) is 3.77. The van der Waals surface area contributed by atoms with Gasteiger partial charge in [-0.1, -0.05) is 0 Å². The number of hydrogen-bond acceptors (Lipinski definition) is 6. The fourth-order valence-electron chi connectivity index (χ4n) is 2.65. The van der Waals surface area contributed by atoms with E-state index in [0.29, 0.717) is 19.1 Å². The van der Waals surface area contributed by atoms with Gasteiger partial charge in [-0.3, -0.25) is 4.79 Å². The summed E-state index contributed by atoms with van der Waals surface area (Å²) in [6, 6.07) is 4.18. The number of piperidine rings is 1. The van der Waals surface area contributed by atoms with Gasteiger partial charge in [-0.25, -0.2) is 4.98 Å². The van der Waals surface area contributed by atoms with E-state index in [2.05, 4.69) is 15.2 Å². The van der Waals surface area contributed by atoms with Crippen LogP contribution in [0.15, 0.2) is 18.3 Å². The monoisotopic (exact) mass is 307 g/mol. The first-order valence-corrected chi connectivity index (χ1v) is 7.85. The van der Waals surface area contributed by atoms with Crippen LogP contribution in [-0.4, -0.2) is 55.2 Å². The molecular weight excluding hydrogens is 282 g/mol. The molecule has 1 fully saturated rings. The van der Waals surface area contributed by atoms with Gasteiger partial charge in [-0.15, -0.1) is 0 Å². The maximum absolute atomic E-state index is 11.4. The number of aromatic nitrogens is 1. The number of nitrogens with zero attached hydrogens (tertiary/aromatic N) is 2. The third-order valence-electron chi connectivity index (χ3n) is 3.77. The summed E-state index contributed by atoms with van der Waals surface area (Å²) < 4.78 is 10.1. The van der Waals surface area contributed by atoms with Crippen molar-refractivity contribution in [1.29, 1.82) is 0 Å². The first kappa shape index (κ1) is 16.5. The van der Waals surface area contributed by atoms with Crippen molar-refractivity contribution in [3.05, 3.63) is 18.3 Å². The molecular formula is C16H25N3O3. The normalized spacial score (nSPS) is 18.7. The van der Waals surface area contributed by atoms with E-state index in [9.17, 15) is 4.79 Å². The van der Waals surface area contributed by atoms with Crippen molar-refractivity contribution in [1.82, 2.24) is 9.88 Å². The number of hydrogen-bond donors (Lipinski definition) is 1. The van der Waals surface area contributed by atoms with Gasteiger partial charge in [-0.2, -0.15) is 0 Å². The molecule has 0 aromatic carbocycles. The molecule has 1 aromatic rings. The van der Waals surface area contributed by atoms with Crippen molar-refractivity contribution < 1.29 is 14.3 Å². The van der Waals surface area contributed by atoms with E-state index in [1.165, 1.54) is 0 Å². The quantitative estimate of drug-likeness (QED) is 0.777. The maximum Gasteiger partial charge on any atom is 0.307 e. The van der Waals surface area contributed by atoms with E-state index in [-0.39, 0.29) is 5.97 Å². The largest absolute Gasteiger partial charge is 0.495 e. The minimum absolute atomic E-state index is 0.116. The van der Waals surface area contributed by atoms with E-state index in [4.69, 9.17) is 9.47 Å². The molecule has 1 unspecified atom stereocenters. The molecule has 0 saturated carbocycles. The highest BCUT2D eigenvalue weighted by Gasteiger charge is 2.20. The molecule has 1 aliphatic heterocycles. The lowest BCUT2D eigenvalue weighted by Gasteiger charge is -2.33. The van der Waals surface area contributed by atoms with Crippen LogP contribution in [0.3, 0.4) is 0 Å². The molecule has 122 valence electrons. The SMILES string of the molecule is CCOC(=O)CCN1CCCC(Nc2ccc(OC)cn2)C1. The van der Waals surface area contributed by atoms with Crippen LogP contribution in [0.1, 0.15) is 26.2 Å². The molecule has 6 nitrogen and oxygen atoms in total. The Morgan fingerprint density at radius 3 is 3.05 bits per heavy atom. The van der Waals surface area contributed by atoms with Gasteiger partial charge in [0.2, 0.25) is 0 Å². The second-order valence-corrected chi connectivity index (χ2v) is 5.42. The first-order chi connectivity index (χ1) is 10.7. The molecule has 1 aliphatic rings. The number of anilines is 1. The Morgan fingerprint density at radius 1 is 1.50 bits per heavy atom. The number of methoxy groups -OCH3 is 1. The average molecular weight is 307 g/mol. The summed E-state index contributed by atoms with van der Waals surface area (Å²) >= 11 is 0. The molecule has 0 spiro atoms. The summed E-state index contributed by atoms with van der Waals surface area (Å²) in [7, 11) is 1.63. The Morgan fingerprint density at radius 2 is 2.36 bits per heavy atom. The highest BCUT2D eigenvalue weighted by atomic mass is 16.5. The van der Waals surface area contributed by atoms with Crippen LogP contribution < -0.4 is 10.1 Å². The van der Waals surface area contributed by atoms with Crippen LogP contribution in [0.4, 0.5) is 5.82 Å². The van der Waals surface area contributed by atoms with Crippen molar-refractivity contribution >= 4 is 11.8 Å². The predicted molar refractivity (Wildman–Crippen MR) is 85.1 cm³/mol. The standard InChI is InChI=1S/C16H25N3O3/c1-3-22-16(20)8-10-19-9-4-5-13(12-19)18-15-7-6-14(21-2)11-17-15/h6-7,11,13H,3-5,8-10,12H2,1-2H3,(H,17,18). The van der Waals surface area contributed by atoms with Gasteiger partial charge in [0.15, 0.2) is 0 Å². The second kappa shape index (κ2) is 8.58. The molecule has 0 radical (unpaired) electrons. The smallest absolute Gasteiger partial charge is 0.307 e. The molecule has 22 heavy (non-hydrogen) atoms. The zero-order valence-electron chi connectivity index (χ0n) is 13.4. The zero-order valence-corrected chi connectivity index (χ0v) is 13.4. The van der Waals surface area contributed by atoms with Gasteiger partial charge < -0.3 is 19.7 Å². The molecule has 1 saturated heterocycles. The van der Waals surface area contributed by atoms with Crippen LogP contribution in [0, 0.1) is 0 Å². The van der Waals surface area contributed by atoms with E-state index in [1.54, 1.807) is 13.3 Å². The van der Waals surface area contributed by atoms with Gasteiger partial charge in [0.1, 0.15) is 11.6 Å². The molecule has 2 rings (SSSR count). The summed E-state index contributed by atoms with van der Waals surface area (Å²) in [6.45, 7) is 5.00. The number of nitrogens with one attached hydrogen (secondary N) is 1. The lowest BCUT2D eigenvalue weighted by molar-refractivity contribution is -0.143. The zero-order chi connectivity index (χ0) is 15.8. The summed E-state index contributed by atoms with van der Waals surface area (Å²) in [6.07, 6.45) is 4.41. The number of rotatable bonds is 7. The summed E-state index contributed by atoms with van der Waals surface area (Å²) in [4.78, 5) is 18.1. The highest BCUT2D eigenvalue weighted by molar-refractivity contribution is 5.69. The number of likely N-dealkylation sites (tertiary alicyclic amines) is 1. The third kappa shape index (κ3) is 5.18. The Labute approximate surface area is 131 Å². The molecule has 1 atom stereocenters. The summed E-state index contributed by atoms with van der Waals surface area (Å²) in [5, 5.41) is 3.45. The van der Waals surface area contributed by atoms with Crippen molar-refractivity contribution in [2.24, 2.45) is 0 Å². The Hall–Kier alpha value is -1.82. The van der Waals surface area contributed by atoms with Crippen LogP contribution in [-0.2, 0) is 9.53 Å². The van der Waals surface area contributed by atoms with E-state index >= 15 is 0 Å². The predicted octanol–water partition coefficient (Wildman–Crippen LogP) is 1.92. The van der Waals surface area contributed by atoms with Crippen molar-refractivity contribution in [3.8, 4) is 5.75 Å². The summed E-state index contributed by atoms with van der Waals surface area (Å²) in [5.74, 6) is 1.50. The highest BCUT2D eigenvalue weighted by Crippen LogP contribution is 2.17. The van der Waals surface area contributed by atoms with Crippen LogP contribution in [0.25, 0.3) is 0 Å². The second-order valence-electron chi connectivity index (χ2n) is 5.42. The van der Waals surface area contributed by atoms with Gasteiger partial charge in [0.05, 0.1) is 26.3 Å².